The number of nitrogens with one attached hydrogen (secondary N) is 1. The summed E-state index contributed by atoms with van der Waals surface area (Å²) >= 11 is 5.87. The average molecular weight is 250 g/mol. The van der Waals surface area contributed by atoms with Gasteiger partial charge in [0.1, 0.15) is 5.76 Å². The van der Waals surface area contributed by atoms with Crippen LogP contribution in [0, 0.1) is 0 Å². The molecule has 0 aliphatic rings. The van der Waals surface area contributed by atoms with Crippen LogP contribution in [0.25, 0.3) is 0 Å². The number of halogens is 1. The number of furan rings is 1. The molecule has 1 aromatic carbocycles. The van der Waals surface area contributed by atoms with Crippen molar-refractivity contribution >= 4 is 11.6 Å². The molecule has 0 bridgehead atoms. The third kappa shape index (κ3) is 3.62. The van der Waals surface area contributed by atoms with Crippen LogP contribution in [0.15, 0.2) is 47.1 Å². The number of hydrogen-bond donors (Lipinski definition) is 1. The van der Waals surface area contributed by atoms with Crippen molar-refractivity contribution in [2.75, 3.05) is 7.05 Å². The van der Waals surface area contributed by atoms with Crippen LogP contribution >= 0.6 is 11.6 Å². The topological polar surface area (TPSA) is 25.2 Å². The van der Waals surface area contributed by atoms with Gasteiger partial charge in [-0.2, -0.15) is 0 Å². The quantitative estimate of drug-likeness (QED) is 0.880. The molecule has 2 aromatic rings. The zero-order chi connectivity index (χ0) is 12.1. The van der Waals surface area contributed by atoms with E-state index in [-0.39, 0.29) is 0 Å². The first kappa shape index (κ1) is 12.2. The molecule has 17 heavy (non-hydrogen) atoms. The minimum atomic E-state index is 0.377. The molecule has 3 heteroatoms. The first-order valence-electron chi connectivity index (χ1n) is 5.72. The van der Waals surface area contributed by atoms with Crippen molar-refractivity contribution in [2.45, 2.75) is 18.9 Å². The van der Waals surface area contributed by atoms with Gasteiger partial charge in [-0.05, 0) is 43.3 Å². The average Bonchev–Trinajstić information content (AvgIpc) is 2.84. The molecule has 0 radical (unpaired) electrons. The summed E-state index contributed by atoms with van der Waals surface area (Å²) in [5, 5.41) is 4.09. The Bertz CT molecular complexity index is 436. The molecule has 2 nitrogen and oxygen atoms in total. The normalized spacial score (nSPS) is 12.6. The van der Waals surface area contributed by atoms with Gasteiger partial charge in [0, 0.05) is 17.5 Å². The lowest BCUT2D eigenvalue weighted by atomic mass is 10.0. The van der Waals surface area contributed by atoms with Gasteiger partial charge in [-0.1, -0.05) is 23.7 Å². The maximum atomic E-state index is 5.87. The van der Waals surface area contributed by atoms with Crippen LogP contribution in [0.4, 0.5) is 0 Å². The number of rotatable bonds is 5. The molecule has 0 saturated heterocycles. The Balaban J connectivity index is 1.97. The molecular weight excluding hydrogens is 234 g/mol. The van der Waals surface area contributed by atoms with Gasteiger partial charge < -0.3 is 9.73 Å². The third-order valence-electron chi connectivity index (χ3n) is 2.83. The van der Waals surface area contributed by atoms with E-state index >= 15 is 0 Å². The second-order valence-corrected chi connectivity index (χ2v) is 4.54. The van der Waals surface area contributed by atoms with E-state index in [4.69, 9.17) is 16.0 Å². The molecule has 0 amide bonds. The van der Waals surface area contributed by atoms with Crippen LogP contribution in [-0.2, 0) is 12.8 Å². The molecule has 2 rings (SSSR count). The predicted octanol–water partition coefficient (Wildman–Crippen LogP) is 3.31. The predicted molar refractivity (Wildman–Crippen MR) is 70.4 cm³/mol. The number of hydrogen-bond acceptors (Lipinski definition) is 2. The number of benzene rings is 1. The van der Waals surface area contributed by atoms with E-state index in [1.165, 1.54) is 5.56 Å². The van der Waals surface area contributed by atoms with Gasteiger partial charge in [0.25, 0.3) is 0 Å². The molecule has 90 valence electrons. The van der Waals surface area contributed by atoms with E-state index in [0.717, 1.165) is 23.6 Å². The monoisotopic (exact) mass is 249 g/mol. The highest BCUT2D eigenvalue weighted by molar-refractivity contribution is 6.30. The van der Waals surface area contributed by atoms with E-state index < -0.39 is 0 Å². The first-order valence-corrected chi connectivity index (χ1v) is 6.10. The molecule has 0 fully saturated rings. The molecular formula is C14H16ClNO. The van der Waals surface area contributed by atoms with Gasteiger partial charge in [-0.25, -0.2) is 0 Å². The summed E-state index contributed by atoms with van der Waals surface area (Å²) in [5.74, 6) is 1.01. The van der Waals surface area contributed by atoms with Gasteiger partial charge in [0.2, 0.25) is 0 Å². The lowest BCUT2D eigenvalue weighted by molar-refractivity contribution is 0.456. The van der Waals surface area contributed by atoms with E-state index in [9.17, 15) is 0 Å². The molecule has 1 unspecified atom stereocenters. The van der Waals surface area contributed by atoms with Crippen molar-refractivity contribution in [2.24, 2.45) is 0 Å². The summed E-state index contributed by atoms with van der Waals surface area (Å²) < 4.78 is 5.36. The van der Waals surface area contributed by atoms with E-state index in [0.29, 0.717) is 6.04 Å². The van der Waals surface area contributed by atoms with Gasteiger partial charge in [-0.15, -0.1) is 0 Å². The molecule has 0 saturated carbocycles. The lowest BCUT2D eigenvalue weighted by Gasteiger charge is -2.14. The molecule has 0 spiro atoms. The fraction of sp³-hybridized carbons (Fsp3) is 0.286. The highest BCUT2D eigenvalue weighted by atomic mass is 35.5. The van der Waals surface area contributed by atoms with Crippen molar-refractivity contribution in [3.8, 4) is 0 Å². The minimum absolute atomic E-state index is 0.377. The molecule has 0 aliphatic carbocycles. The van der Waals surface area contributed by atoms with Crippen molar-refractivity contribution in [3.63, 3.8) is 0 Å². The highest BCUT2D eigenvalue weighted by Gasteiger charge is 2.09. The van der Waals surface area contributed by atoms with E-state index in [1.807, 2.05) is 31.3 Å². The Kier molecular flexibility index (Phi) is 4.24. The van der Waals surface area contributed by atoms with Crippen LogP contribution in [-0.4, -0.2) is 13.1 Å². The second-order valence-electron chi connectivity index (χ2n) is 4.10. The zero-order valence-electron chi connectivity index (χ0n) is 9.82. The number of likely N-dealkylation sites (N-methyl/N-ethyl adjacent to an activating group) is 1. The maximum absolute atomic E-state index is 5.87. The largest absolute Gasteiger partial charge is 0.469 e. The van der Waals surface area contributed by atoms with Crippen LogP contribution in [0.3, 0.4) is 0 Å². The van der Waals surface area contributed by atoms with Crippen molar-refractivity contribution in [1.29, 1.82) is 0 Å². The summed E-state index contributed by atoms with van der Waals surface area (Å²) in [4.78, 5) is 0. The van der Waals surface area contributed by atoms with Gasteiger partial charge in [0.05, 0.1) is 6.26 Å². The van der Waals surface area contributed by atoms with Gasteiger partial charge >= 0.3 is 0 Å². The zero-order valence-corrected chi connectivity index (χ0v) is 10.6. The highest BCUT2D eigenvalue weighted by Crippen LogP contribution is 2.13. The lowest BCUT2D eigenvalue weighted by Crippen LogP contribution is -2.29. The smallest absolute Gasteiger partial charge is 0.105 e. The third-order valence-corrected chi connectivity index (χ3v) is 3.08. The summed E-state index contributed by atoms with van der Waals surface area (Å²) in [7, 11) is 1.98. The Morgan fingerprint density at radius 2 is 1.94 bits per heavy atom. The molecule has 1 N–H and O–H groups in total. The van der Waals surface area contributed by atoms with Crippen molar-refractivity contribution in [1.82, 2.24) is 5.32 Å². The van der Waals surface area contributed by atoms with Gasteiger partial charge in [0.15, 0.2) is 0 Å². The van der Waals surface area contributed by atoms with Crippen LogP contribution < -0.4 is 5.32 Å². The second kappa shape index (κ2) is 5.89. The van der Waals surface area contributed by atoms with Crippen LogP contribution in [0.2, 0.25) is 5.02 Å². The summed E-state index contributed by atoms with van der Waals surface area (Å²) in [6.07, 6.45) is 3.57. The minimum Gasteiger partial charge on any atom is -0.469 e. The fourth-order valence-electron chi connectivity index (χ4n) is 1.85. The fourth-order valence-corrected chi connectivity index (χ4v) is 1.98. The molecule has 1 atom stereocenters. The molecule has 1 heterocycles. The van der Waals surface area contributed by atoms with E-state index in [1.54, 1.807) is 6.26 Å². The Labute approximate surface area is 107 Å². The SMILES string of the molecule is CNC(Cc1ccc(Cl)cc1)Cc1ccco1. The summed E-state index contributed by atoms with van der Waals surface area (Å²) in [6.45, 7) is 0. The molecule has 0 aliphatic heterocycles. The van der Waals surface area contributed by atoms with Crippen LogP contribution in [0.5, 0.6) is 0 Å². The van der Waals surface area contributed by atoms with Crippen molar-refractivity contribution < 1.29 is 4.42 Å². The Morgan fingerprint density at radius 1 is 1.18 bits per heavy atom. The Hall–Kier alpha value is -1.25. The Morgan fingerprint density at radius 3 is 2.53 bits per heavy atom. The standard InChI is InChI=1S/C14H16ClNO/c1-16-13(10-14-3-2-8-17-14)9-11-4-6-12(15)7-5-11/h2-8,13,16H,9-10H2,1H3. The van der Waals surface area contributed by atoms with Crippen molar-refractivity contribution in [3.05, 3.63) is 59.0 Å². The summed E-state index contributed by atoms with van der Waals surface area (Å²) in [5.41, 5.74) is 1.28. The first-order chi connectivity index (χ1) is 8.28. The van der Waals surface area contributed by atoms with Gasteiger partial charge in [-0.3, -0.25) is 0 Å². The maximum Gasteiger partial charge on any atom is 0.105 e. The van der Waals surface area contributed by atoms with Crippen LogP contribution in [0.1, 0.15) is 11.3 Å². The summed E-state index contributed by atoms with van der Waals surface area (Å²) in [6, 6.07) is 12.3. The molecule has 1 aromatic heterocycles. The van der Waals surface area contributed by atoms with E-state index in [2.05, 4.69) is 17.4 Å².